The third-order valence-corrected chi connectivity index (χ3v) is 5.93. The van der Waals surface area contributed by atoms with Crippen molar-refractivity contribution < 1.29 is 23.4 Å². The molecule has 6 nitrogen and oxygen atoms in total. The van der Waals surface area contributed by atoms with Gasteiger partial charge >= 0.3 is 12.6 Å². The summed E-state index contributed by atoms with van der Waals surface area (Å²) in [5, 5.41) is 9.93. The molecule has 1 aromatic heterocycles. The van der Waals surface area contributed by atoms with Gasteiger partial charge in [0.1, 0.15) is 6.10 Å². The number of nitrogens with zero attached hydrogens (tertiary/aromatic N) is 2. The van der Waals surface area contributed by atoms with Crippen molar-refractivity contribution in [3.63, 3.8) is 0 Å². The van der Waals surface area contributed by atoms with Crippen LogP contribution >= 0.6 is 0 Å². The number of halogens is 2. The molecule has 2 atom stereocenters. The van der Waals surface area contributed by atoms with Gasteiger partial charge in [0.15, 0.2) is 0 Å². The second kappa shape index (κ2) is 11.9. The summed E-state index contributed by atoms with van der Waals surface area (Å²) < 4.78 is 31.8. The van der Waals surface area contributed by atoms with Crippen molar-refractivity contribution in [3.05, 3.63) is 94.9 Å². The molecule has 2 heterocycles. The first kappa shape index (κ1) is 27.1. The highest BCUT2D eigenvalue weighted by Gasteiger charge is 2.33. The van der Waals surface area contributed by atoms with Crippen LogP contribution in [-0.4, -0.2) is 38.9 Å². The number of carbonyl (C=O) groups excluding carboxylic acids is 1. The molecule has 3 aromatic rings. The van der Waals surface area contributed by atoms with Gasteiger partial charge in [-0.15, -0.1) is 0 Å². The third-order valence-electron chi connectivity index (χ3n) is 5.93. The van der Waals surface area contributed by atoms with Crippen LogP contribution in [0.3, 0.4) is 0 Å². The molecule has 4 rings (SSSR count). The van der Waals surface area contributed by atoms with Crippen LogP contribution in [0.2, 0.25) is 0 Å². The predicted octanol–water partition coefficient (Wildman–Crippen LogP) is 6.03. The molecule has 0 aliphatic carbocycles. The van der Waals surface area contributed by atoms with E-state index in [1.807, 2.05) is 55.5 Å². The Hall–Kier alpha value is -3.52. The number of carbonyl (C=O) groups is 1. The molecule has 192 valence electrons. The highest BCUT2D eigenvalue weighted by molar-refractivity contribution is 5.69. The first-order valence-corrected chi connectivity index (χ1v) is 11.9. The average Bonchev–Trinajstić information content (AvgIpc) is 2.84. The molecule has 1 fully saturated rings. The van der Waals surface area contributed by atoms with Gasteiger partial charge in [-0.1, -0.05) is 60.7 Å². The number of aliphatic hydroxyl groups is 1. The smallest absolute Gasteiger partial charge is 0.410 e. The Labute approximate surface area is 209 Å². The minimum absolute atomic E-state index is 0.232. The fraction of sp³-hybridized carbons (Fsp3) is 0.357. The maximum atomic E-state index is 13.0. The molecule has 0 bridgehead atoms. The molecule has 1 saturated heterocycles. The Morgan fingerprint density at radius 3 is 2.03 bits per heavy atom. The quantitative estimate of drug-likeness (QED) is 0.451. The van der Waals surface area contributed by atoms with Crippen molar-refractivity contribution in [2.75, 3.05) is 6.54 Å². The summed E-state index contributed by atoms with van der Waals surface area (Å²) in [7, 11) is 0. The monoisotopic (exact) mass is 498 g/mol. The molecule has 0 saturated carbocycles. The Morgan fingerprint density at radius 1 is 0.972 bits per heavy atom. The predicted molar refractivity (Wildman–Crippen MR) is 135 cm³/mol. The Morgan fingerprint density at radius 2 is 1.53 bits per heavy atom. The molecule has 1 aliphatic heterocycles. The number of hydrogen-bond donors (Lipinski definition) is 1. The number of aromatic nitrogens is 1. The van der Waals surface area contributed by atoms with E-state index in [9.17, 15) is 23.5 Å². The maximum absolute atomic E-state index is 13.0. The lowest BCUT2D eigenvalue weighted by molar-refractivity contribution is -0.0309. The van der Waals surface area contributed by atoms with Gasteiger partial charge in [0.25, 0.3) is 5.56 Å². The summed E-state index contributed by atoms with van der Waals surface area (Å²) in [6.45, 7) is 2.88. The fourth-order valence-corrected chi connectivity index (χ4v) is 4.04. The van der Waals surface area contributed by atoms with Crippen LogP contribution in [-0.2, 0) is 4.74 Å². The van der Waals surface area contributed by atoms with Gasteiger partial charge in [0.2, 0.25) is 0 Å². The van der Waals surface area contributed by atoms with Gasteiger partial charge in [-0.25, -0.2) is 4.79 Å². The lowest BCUT2D eigenvalue weighted by atomic mass is 9.97. The number of hydrogen-bond acceptors (Lipinski definition) is 4. The molecule has 2 aromatic carbocycles. The van der Waals surface area contributed by atoms with Crippen molar-refractivity contribution >= 4 is 6.09 Å². The van der Waals surface area contributed by atoms with Gasteiger partial charge in [0, 0.05) is 31.6 Å². The van der Waals surface area contributed by atoms with E-state index < -0.39 is 23.8 Å². The molecular formula is C28H32F2N2O4. The van der Waals surface area contributed by atoms with Gasteiger partial charge in [0.05, 0.1) is 11.6 Å². The second-order valence-electron chi connectivity index (χ2n) is 9.40. The summed E-state index contributed by atoms with van der Waals surface area (Å²) >= 11 is 0. The van der Waals surface area contributed by atoms with Crippen LogP contribution in [0, 0.1) is 0 Å². The van der Waals surface area contributed by atoms with E-state index in [1.165, 1.54) is 6.07 Å². The number of cyclic esters (lactones) is 1. The van der Waals surface area contributed by atoms with E-state index >= 15 is 0 Å². The van der Waals surface area contributed by atoms with E-state index in [0.29, 0.717) is 35.1 Å². The minimum Gasteiger partial charge on any atom is -0.446 e. The lowest BCUT2D eigenvalue weighted by Gasteiger charge is -2.37. The van der Waals surface area contributed by atoms with Crippen LogP contribution in [0.15, 0.2) is 83.8 Å². The Bertz CT molecular complexity index is 1150. The van der Waals surface area contributed by atoms with Crippen molar-refractivity contribution in [3.8, 4) is 11.1 Å². The maximum Gasteiger partial charge on any atom is 0.410 e. The SMILES string of the molecule is CC(c1ccc(-c2ccc(=O)n(C(F)F)c2)cc1)N1CCC(CC(C)(C)O)OC1=O.c1ccccc1. The van der Waals surface area contributed by atoms with Crippen LogP contribution in [0.1, 0.15) is 51.8 Å². The first-order valence-electron chi connectivity index (χ1n) is 11.9. The standard InChI is InChI=1S/C22H26F2N2O4.C6H6/c1-14(25-11-10-18(30-21(25)28)12-22(2,3)29)15-4-6-16(7-5-15)17-8-9-19(27)26(13-17)20(23)24;1-2-4-6-5-3-1/h4-9,13-14,18,20,29H,10-12H2,1-3H3;1-6H. The van der Waals surface area contributed by atoms with Gasteiger partial charge in [-0.3, -0.25) is 9.36 Å². The van der Waals surface area contributed by atoms with Gasteiger partial charge in [-0.05, 0) is 43.5 Å². The summed E-state index contributed by atoms with van der Waals surface area (Å²) in [5.74, 6) is 0. The summed E-state index contributed by atoms with van der Waals surface area (Å²) in [6, 6.07) is 21.6. The van der Waals surface area contributed by atoms with E-state index in [4.69, 9.17) is 4.74 Å². The number of benzene rings is 2. The topological polar surface area (TPSA) is 71.8 Å². The zero-order valence-electron chi connectivity index (χ0n) is 20.7. The van der Waals surface area contributed by atoms with Crippen molar-refractivity contribution in [2.24, 2.45) is 0 Å². The second-order valence-corrected chi connectivity index (χ2v) is 9.40. The average molecular weight is 499 g/mol. The molecule has 1 aliphatic rings. The van der Waals surface area contributed by atoms with E-state index in [0.717, 1.165) is 17.8 Å². The Kier molecular flexibility index (Phi) is 8.98. The van der Waals surface area contributed by atoms with Crippen molar-refractivity contribution in [1.29, 1.82) is 0 Å². The molecule has 2 unspecified atom stereocenters. The number of rotatable bonds is 6. The summed E-state index contributed by atoms with van der Waals surface area (Å²) in [5.41, 5.74) is 0.401. The zero-order valence-corrected chi connectivity index (χ0v) is 20.7. The van der Waals surface area contributed by atoms with E-state index in [-0.39, 0.29) is 12.1 Å². The number of amides is 1. The fourth-order valence-electron chi connectivity index (χ4n) is 4.04. The zero-order chi connectivity index (χ0) is 26.3. The molecule has 0 spiro atoms. The molecule has 0 radical (unpaired) electrons. The Balaban J connectivity index is 0.000000526. The minimum atomic E-state index is -2.90. The largest absolute Gasteiger partial charge is 0.446 e. The highest BCUT2D eigenvalue weighted by Crippen LogP contribution is 2.29. The molecule has 1 N–H and O–H groups in total. The third kappa shape index (κ3) is 7.49. The molecule has 1 amide bonds. The van der Waals surface area contributed by atoms with Gasteiger partial charge < -0.3 is 14.7 Å². The normalized spacial score (nSPS) is 16.7. The van der Waals surface area contributed by atoms with Crippen molar-refractivity contribution in [1.82, 2.24) is 9.47 Å². The van der Waals surface area contributed by atoms with Gasteiger partial charge in [-0.2, -0.15) is 8.78 Å². The first-order chi connectivity index (χ1) is 17.0. The van der Waals surface area contributed by atoms with Crippen molar-refractivity contribution in [2.45, 2.75) is 57.9 Å². The lowest BCUT2D eigenvalue weighted by Crippen LogP contribution is -2.45. The van der Waals surface area contributed by atoms with Crippen LogP contribution in [0.4, 0.5) is 13.6 Å². The molecular weight excluding hydrogens is 466 g/mol. The van der Waals surface area contributed by atoms with Crippen LogP contribution in [0.25, 0.3) is 11.1 Å². The summed E-state index contributed by atoms with van der Waals surface area (Å²) in [6.07, 6.45) is 1.42. The van der Waals surface area contributed by atoms with E-state index in [2.05, 4.69) is 0 Å². The summed E-state index contributed by atoms with van der Waals surface area (Å²) in [4.78, 5) is 25.6. The van der Waals surface area contributed by atoms with Crippen LogP contribution in [0.5, 0.6) is 0 Å². The number of ether oxygens (including phenoxy) is 1. The molecule has 8 heteroatoms. The number of pyridine rings is 1. The highest BCUT2D eigenvalue weighted by atomic mass is 19.3. The van der Waals surface area contributed by atoms with E-state index in [1.54, 1.807) is 30.9 Å². The number of alkyl halides is 2. The molecule has 36 heavy (non-hydrogen) atoms. The van der Waals surface area contributed by atoms with Crippen LogP contribution < -0.4 is 5.56 Å².